The molecule has 1 aliphatic rings. The molecule has 3 rings (SSSR count). The molecule has 8 heteroatoms. The number of hydrogen-bond donors (Lipinski definition) is 2. The number of halogens is 1. The predicted molar refractivity (Wildman–Crippen MR) is 93.5 cm³/mol. The number of likely N-dealkylation sites (tertiary alicyclic amines) is 1. The summed E-state index contributed by atoms with van der Waals surface area (Å²) in [6.07, 6.45) is 0.412. The highest BCUT2D eigenvalue weighted by Gasteiger charge is 2.20. The third kappa shape index (κ3) is 3.83. The largest absolute Gasteiger partial charge is 0.465 e. The molecule has 2 N–H and O–H groups in total. The van der Waals surface area contributed by atoms with Gasteiger partial charge in [-0.15, -0.1) is 0 Å². The van der Waals surface area contributed by atoms with Gasteiger partial charge < -0.3 is 19.9 Å². The number of benzene rings is 1. The van der Waals surface area contributed by atoms with E-state index in [0.29, 0.717) is 36.8 Å². The Hall–Kier alpha value is -2.92. The van der Waals surface area contributed by atoms with Crippen LogP contribution >= 0.6 is 0 Å². The molecule has 2 heterocycles. The summed E-state index contributed by atoms with van der Waals surface area (Å²) in [5.41, 5.74) is 0.320. The van der Waals surface area contributed by atoms with Crippen molar-refractivity contribution in [3.05, 3.63) is 46.0 Å². The van der Waals surface area contributed by atoms with Crippen molar-refractivity contribution < 1.29 is 14.3 Å². The van der Waals surface area contributed by atoms with E-state index in [9.17, 15) is 19.2 Å². The number of rotatable bonds is 4. The van der Waals surface area contributed by atoms with E-state index in [0.717, 1.165) is 13.1 Å². The van der Waals surface area contributed by atoms with Gasteiger partial charge in [0.2, 0.25) is 0 Å². The Labute approximate surface area is 149 Å². The highest BCUT2D eigenvalue weighted by atomic mass is 19.1. The number of nitrogens with zero attached hydrogens (tertiary/aromatic N) is 3. The van der Waals surface area contributed by atoms with Crippen molar-refractivity contribution >= 4 is 17.0 Å². The summed E-state index contributed by atoms with van der Waals surface area (Å²) in [5.74, 6) is -0.457. The van der Waals surface area contributed by atoms with Crippen molar-refractivity contribution in [1.82, 2.24) is 14.8 Å². The van der Waals surface area contributed by atoms with Crippen LogP contribution in [-0.2, 0) is 6.54 Å². The molecule has 1 aromatic carbocycles. The minimum absolute atomic E-state index is 0.0451. The Balaban J connectivity index is 1.75. The molecule has 0 unspecified atom stereocenters. The number of amides is 1. The first kappa shape index (κ1) is 17.9. The maximum Gasteiger partial charge on any atom is 0.404 e. The standard InChI is InChI=1S/C18H19FN4O3/c19-13-1-2-15-12(11-20)9-17(24)23(16(15)10-13)8-7-22-5-3-14(4-6-22)21-18(25)26/h1-2,9-10,14,21H,3-8H2,(H,25,26). The average Bonchev–Trinajstić information content (AvgIpc) is 2.61. The molecule has 0 spiro atoms. The van der Waals surface area contributed by atoms with E-state index in [1.165, 1.54) is 28.8 Å². The quantitative estimate of drug-likeness (QED) is 0.868. The van der Waals surface area contributed by atoms with Gasteiger partial charge in [-0.25, -0.2) is 9.18 Å². The molecule has 1 aromatic heterocycles. The van der Waals surface area contributed by atoms with Crippen LogP contribution in [0.1, 0.15) is 18.4 Å². The Morgan fingerprint density at radius 2 is 2.04 bits per heavy atom. The number of nitrogens with one attached hydrogen (secondary N) is 1. The lowest BCUT2D eigenvalue weighted by molar-refractivity contribution is 0.166. The van der Waals surface area contributed by atoms with Crippen molar-refractivity contribution in [1.29, 1.82) is 5.26 Å². The third-order valence-corrected chi connectivity index (χ3v) is 4.75. The normalized spacial score (nSPS) is 15.7. The lowest BCUT2D eigenvalue weighted by atomic mass is 10.1. The summed E-state index contributed by atoms with van der Waals surface area (Å²) < 4.78 is 15.1. The van der Waals surface area contributed by atoms with Gasteiger partial charge in [0, 0.05) is 43.7 Å². The van der Waals surface area contributed by atoms with Gasteiger partial charge in [-0.2, -0.15) is 5.26 Å². The Kier molecular flexibility index (Phi) is 5.19. The zero-order valence-electron chi connectivity index (χ0n) is 14.1. The van der Waals surface area contributed by atoms with Crippen LogP contribution in [0.2, 0.25) is 0 Å². The maximum atomic E-state index is 13.7. The van der Waals surface area contributed by atoms with Crippen molar-refractivity contribution in [2.45, 2.75) is 25.4 Å². The average molecular weight is 358 g/mol. The maximum absolute atomic E-state index is 13.7. The number of fused-ring (bicyclic) bond motifs is 1. The Morgan fingerprint density at radius 3 is 2.69 bits per heavy atom. The van der Waals surface area contributed by atoms with Gasteiger partial charge in [0.05, 0.1) is 11.1 Å². The van der Waals surface area contributed by atoms with E-state index in [-0.39, 0.29) is 17.2 Å². The molecular weight excluding hydrogens is 339 g/mol. The Morgan fingerprint density at radius 1 is 1.31 bits per heavy atom. The van der Waals surface area contributed by atoms with E-state index in [1.807, 2.05) is 6.07 Å². The van der Waals surface area contributed by atoms with Gasteiger partial charge in [-0.05, 0) is 31.0 Å². The summed E-state index contributed by atoms with van der Waals surface area (Å²) in [4.78, 5) is 25.2. The number of carbonyl (C=O) groups is 1. The molecule has 7 nitrogen and oxygen atoms in total. The molecule has 0 atom stereocenters. The van der Waals surface area contributed by atoms with Crippen LogP contribution in [0.15, 0.2) is 29.1 Å². The second-order valence-electron chi connectivity index (χ2n) is 6.39. The molecular formula is C18H19FN4O3. The number of hydrogen-bond acceptors (Lipinski definition) is 4. The summed E-state index contributed by atoms with van der Waals surface area (Å²) in [7, 11) is 0. The highest BCUT2D eigenvalue weighted by Crippen LogP contribution is 2.18. The van der Waals surface area contributed by atoms with Crippen molar-refractivity contribution in [2.75, 3.05) is 19.6 Å². The minimum atomic E-state index is -1.01. The zero-order valence-corrected chi connectivity index (χ0v) is 14.1. The van der Waals surface area contributed by atoms with E-state index in [2.05, 4.69) is 10.2 Å². The van der Waals surface area contributed by atoms with Gasteiger partial charge in [0.25, 0.3) is 5.56 Å². The van der Waals surface area contributed by atoms with Gasteiger partial charge >= 0.3 is 6.09 Å². The summed E-state index contributed by atoms with van der Waals surface area (Å²) in [6, 6.07) is 7.29. The smallest absolute Gasteiger partial charge is 0.404 e. The minimum Gasteiger partial charge on any atom is -0.465 e. The summed E-state index contributed by atoms with van der Waals surface area (Å²) in [6.45, 7) is 2.42. The fourth-order valence-corrected chi connectivity index (χ4v) is 3.39. The number of aromatic nitrogens is 1. The number of nitriles is 1. The molecule has 0 aliphatic carbocycles. The van der Waals surface area contributed by atoms with E-state index < -0.39 is 11.9 Å². The van der Waals surface area contributed by atoms with Gasteiger partial charge in [-0.1, -0.05) is 0 Å². The van der Waals surface area contributed by atoms with Gasteiger partial charge in [0.15, 0.2) is 0 Å². The van der Waals surface area contributed by atoms with Gasteiger partial charge in [-0.3, -0.25) is 4.79 Å². The second-order valence-corrected chi connectivity index (χ2v) is 6.39. The van der Waals surface area contributed by atoms with E-state index in [1.54, 1.807) is 0 Å². The lowest BCUT2D eigenvalue weighted by Gasteiger charge is -2.31. The summed E-state index contributed by atoms with van der Waals surface area (Å²) >= 11 is 0. The zero-order chi connectivity index (χ0) is 18.7. The van der Waals surface area contributed by atoms with Crippen LogP contribution in [0.3, 0.4) is 0 Å². The number of piperidine rings is 1. The molecule has 0 radical (unpaired) electrons. The monoisotopic (exact) mass is 358 g/mol. The van der Waals surface area contributed by atoms with Crippen molar-refractivity contribution in [2.24, 2.45) is 0 Å². The molecule has 136 valence electrons. The topological polar surface area (TPSA) is 98.4 Å². The Bertz CT molecular complexity index is 926. The SMILES string of the molecule is N#Cc1cc(=O)n(CCN2CCC(NC(=O)O)CC2)c2cc(F)ccc12. The van der Waals surface area contributed by atoms with Crippen molar-refractivity contribution in [3.63, 3.8) is 0 Å². The summed E-state index contributed by atoms with van der Waals surface area (Å²) in [5, 5.41) is 21.0. The fraction of sp³-hybridized carbons (Fsp3) is 0.389. The molecule has 0 bridgehead atoms. The molecule has 26 heavy (non-hydrogen) atoms. The van der Waals surface area contributed by atoms with E-state index in [4.69, 9.17) is 5.11 Å². The predicted octanol–water partition coefficient (Wildman–Crippen LogP) is 1.74. The number of pyridine rings is 1. The molecule has 1 fully saturated rings. The molecule has 1 aliphatic heterocycles. The van der Waals surface area contributed by atoms with Crippen LogP contribution in [0, 0.1) is 17.1 Å². The fourth-order valence-electron chi connectivity index (χ4n) is 3.39. The van der Waals surface area contributed by atoms with Crippen molar-refractivity contribution in [3.8, 4) is 6.07 Å². The van der Waals surface area contributed by atoms with Crippen LogP contribution < -0.4 is 10.9 Å². The van der Waals surface area contributed by atoms with Crippen LogP contribution in [0.5, 0.6) is 0 Å². The van der Waals surface area contributed by atoms with Gasteiger partial charge in [0.1, 0.15) is 11.9 Å². The second kappa shape index (κ2) is 7.54. The first-order valence-electron chi connectivity index (χ1n) is 8.43. The van der Waals surface area contributed by atoms with Crippen LogP contribution in [-0.4, -0.2) is 46.3 Å². The number of carboxylic acid groups (broad SMARTS) is 1. The van der Waals surface area contributed by atoms with Crippen LogP contribution in [0.4, 0.5) is 9.18 Å². The third-order valence-electron chi connectivity index (χ3n) is 4.75. The van der Waals surface area contributed by atoms with E-state index >= 15 is 0 Å². The lowest BCUT2D eigenvalue weighted by Crippen LogP contribution is -2.45. The first-order chi connectivity index (χ1) is 12.5. The highest BCUT2D eigenvalue weighted by molar-refractivity contribution is 5.85. The molecule has 2 aromatic rings. The molecule has 1 amide bonds. The molecule has 1 saturated heterocycles. The molecule has 0 saturated carbocycles. The van der Waals surface area contributed by atoms with Crippen LogP contribution in [0.25, 0.3) is 10.9 Å². The first-order valence-corrected chi connectivity index (χ1v) is 8.43.